The smallest absolute Gasteiger partial charge is 0.387 e. The van der Waals surface area contributed by atoms with Crippen molar-refractivity contribution in [3.8, 4) is 11.5 Å². The Balaban J connectivity index is 1.41. The Morgan fingerprint density at radius 2 is 1.49 bits per heavy atom. The van der Waals surface area contributed by atoms with E-state index in [1.54, 1.807) is 36.0 Å². The molecule has 2 heterocycles. The van der Waals surface area contributed by atoms with Gasteiger partial charge in [0.1, 0.15) is 11.5 Å². The molecule has 1 aliphatic carbocycles. The number of aliphatic imine (C=N–C) groups is 1. The molecule has 3 aromatic rings. The highest BCUT2D eigenvalue weighted by Gasteiger charge is 2.40. The van der Waals surface area contributed by atoms with E-state index < -0.39 is 13.2 Å². The van der Waals surface area contributed by atoms with E-state index in [4.69, 9.17) is 4.99 Å². The van der Waals surface area contributed by atoms with E-state index in [2.05, 4.69) is 35.7 Å². The maximum absolute atomic E-state index is 12.8. The number of fused-ring (bicyclic) bond motifs is 1. The van der Waals surface area contributed by atoms with Crippen molar-refractivity contribution in [2.45, 2.75) is 38.5 Å². The molecule has 0 saturated carbocycles. The molecule has 0 N–H and O–H groups in total. The molecular formula is C31H23BrF4N2O2S. The number of ether oxygens (including phenoxy) is 2. The minimum absolute atomic E-state index is 0.102. The minimum Gasteiger partial charge on any atom is -0.435 e. The van der Waals surface area contributed by atoms with Gasteiger partial charge in [0.05, 0.1) is 17.4 Å². The van der Waals surface area contributed by atoms with Crippen LogP contribution in [0.25, 0.3) is 11.8 Å². The van der Waals surface area contributed by atoms with Crippen LogP contribution in [0.15, 0.2) is 105 Å². The first kappa shape index (κ1) is 27.7. The zero-order valence-electron chi connectivity index (χ0n) is 21.4. The average Bonchev–Trinajstić information content (AvgIpc) is 3.37. The van der Waals surface area contributed by atoms with Crippen LogP contribution in [0.4, 0.5) is 17.6 Å². The minimum atomic E-state index is -2.90. The monoisotopic (exact) mass is 642 g/mol. The maximum atomic E-state index is 12.8. The second-order valence-electron chi connectivity index (χ2n) is 9.59. The molecule has 2 aliphatic heterocycles. The lowest BCUT2D eigenvalue weighted by Crippen LogP contribution is -2.34. The van der Waals surface area contributed by atoms with Crippen LogP contribution in [0.5, 0.6) is 11.5 Å². The number of hydrogen-bond donors (Lipinski definition) is 0. The number of rotatable bonds is 7. The average molecular weight is 644 g/mol. The van der Waals surface area contributed by atoms with Crippen molar-refractivity contribution in [2.24, 2.45) is 4.99 Å². The molecule has 0 fully saturated rings. The topological polar surface area (TPSA) is 34.1 Å². The Morgan fingerprint density at radius 1 is 0.854 bits per heavy atom. The second-order valence-corrected chi connectivity index (χ2v) is 11.3. The molecule has 3 aromatic carbocycles. The second kappa shape index (κ2) is 11.8. The van der Waals surface area contributed by atoms with Gasteiger partial charge in [-0.25, -0.2) is 4.99 Å². The van der Waals surface area contributed by atoms with Gasteiger partial charge in [0, 0.05) is 9.88 Å². The Morgan fingerprint density at radius 3 is 2.12 bits per heavy atom. The first-order chi connectivity index (χ1) is 19.9. The highest BCUT2D eigenvalue weighted by molar-refractivity contribution is 9.10. The van der Waals surface area contributed by atoms with Crippen LogP contribution in [0, 0.1) is 0 Å². The summed E-state index contributed by atoms with van der Waals surface area (Å²) in [5.74, 6) is 0.207. The third-order valence-corrected chi connectivity index (χ3v) is 8.41. The van der Waals surface area contributed by atoms with Gasteiger partial charge in [-0.05, 0) is 89.6 Å². The fourth-order valence-corrected chi connectivity index (χ4v) is 6.52. The number of thioether (sulfide) groups is 1. The van der Waals surface area contributed by atoms with Crippen LogP contribution in [0.1, 0.15) is 42.0 Å². The van der Waals surface area contributed by atoms with Crippen LogP contribution >= 0.6 is 27.7 Å². The van der Waals surface area contributed by atoms with Crippen molar-refractivity contribution in [1.82, 2.24) is 4.90 Å². The third kappa shape index (κ3) is 5.94. The van der Waals surface area contributed by atoms with Crippen molar-refractivity contribution in [3.05, 3.63) is 116 Å². The summed E-state index contributed by atoms with van der Waals surface area (Å²) in [6.07, 6.45) is 4.58. The van der Waals surface area contributed by atoms with Gasteiger partial charge in [0.2, 0.25) is 0 Å². The molecule has 0 radical (unpaired) electrons. The van der Waals surface area contributed by atoms with Gasteiger partial charge >= 0.3 is 13.2 Å². The van der Waals surface area contributed by atoms with Crippen LogP contribution in [-0.4, -0.2) is 23.3 Å². The van der Waals surface area contributed by atoms with E-state index in [1.807, 2.05) is 42.5 Å². The third-order valence-electron chi connectivity index (χ3n) is 7.05. The number of allylic oxidation sites excluding steroid dienone is 1. The molecule has 6 rings (SSSR count). The Labute approximate surface area is 247 Å². The quantitative estimate of drug-likeness (QED) is 0.240. The SMILES string of the molecule is FC(F)Oc1ccc(/C=C2/CCCC3=C2N=C2SC=C(c4ccc(Br)cc4)N2[C@H]3c2ccc(OC(F)F)cc2)cc1. The van der Waals surface area contributed by atoms with Gasteiger partial charge < -0.3 is 14.4 Å². The van der Waals surface area contributed by atoms with E-state index in [0.717, 1.165) is 68.1 Å². The molecule has 0 unspecified atom stereocenters. The fourth-order valence-electron chi connectivity index (χ4n) is 5.33. The standard InChI is InChI=1S/C31H23BrF4N2O2S/c32-22-10-6-19(7-11-22)26-17-41-31-37-27-21(16-18-4-12-23(13-5-18)39-29(33)34)2-1-3-25(27)28(38(26)31)20-8-14-24(15-9-20)40-30(35)36/h4-17,28-30H,1-3H2/b21-16-/t28-/m0/s1. The van der Waals surface area contributed by atoms with Gasteiger partial charge in [0.25, 0.3) is 0 Å². The maximum Gasteiger partial charge on any atom is 0.387 e. The largest absolute Gasteiger partial charge is 0.435 e. The molecule has 41 heavy (non-hydrogen) atoms. The predicted octanol–water partition coefficient (Wildman–Crippen LogP) is 9.63. The molecular weight excluding hydrogens is 620 g/mol. The summed E-state index contributed by atoms with van der Waals surface area (Å²) in [6.45, 7) is -5.77. The predicted molar refractivity (Wildman–Crippen MR) is 157 cm³/mol. The molecule has 1 atom stereocenters. The highest BCUT2D eigenvalue weighted by atomic mass is 79.9. The number of nitrogens with zero attached hydrogens (tertiary/aromatic N) is 2. The highest BCUT2D eigenvalue weighted by Crippen LogP contribution is 2.51. The Bertz CT molecular complexity index is 1550. The van der Waals surface area contributed by atoms with Gasteiger partial charge in [-0.2, -0.15) is 17.6 Å². The molecule has 10 heteroatoms. The molecule has 0 aromatic heterocycles. The van der Waals surface area contributed by atoms with Crippen LogP contribution in [0.2, 0.25) is 0 Å². The number of amidine groups is 1. The molecule has 4 nitrogen and oxygen atoms in total. The lowest BCUT2D eigenvalue weighted by molar-refractivity contribution is -0.0505. The lowest BCUT2D eigenvalue weighted by atomic mass is 9.82. The van der Waals surface area contributed by atoms with Gasteiger partial charge in [-0.1, -0.05) is 64.1 Å². The Hall–Kier alpha value is -3.50. The molecule has 0 saturated heterocycles. The van der Waals surface area contributed by atoms with Crippen molar-refractivity contribution < 1.29 is 27.0 Å². The van der Waals surface area contributed by atoms with Crippen molar-refractivity contribution in [3.63, 3.8) is 0 Å². The summed E-state index contributed by atoms with van der Waals surface area (Å²) in [7, 11) is 0. The summed E-state index contributed by atoms with van der Waals surface area (Å²) < 4.78 is 60.9. The summed E-state index contributed by atoms with van der Waals surface area (Å²) in [4.78, 5) is 7.35. The van der Waals surface area contributed by atoms with Gasteiger partial charge in [-0.15, -0.1) is 0 Å². The number of alkyl halides is 4. The number of hydrogen-bond acceptors (Lipinski definition) is 5. The summed E-state index contributed by atoms with van der Waals surface area (Å²) in [5.41, 5.74) is 6.94. The summed E-state index contributed by atoms with van der Waals surface area (Å²) in [6, 6.07) is 21.2. The van der Waals surface area contributed by atoms with Crippen molar-refractivity contribution in [1.29, 1.82) is 0 Å². The van der Waals surface area contributed by atoms with Crippen LogP contribution in [0.3, 0.4) is 0 Å². The van der Waals surface area contributed by atoms with E-state index in [9.17, 15) is 17.6 Å². The molecule has 0 amide bonds. The van der Waals surface area contributed by atoms with E-state index in [-0.39, 0.29) is 17.5 Å². The van der Waals surface area contributed by atoms with E-state index in [1.165, 1.54) is 12.1 Å². The van der Waals surface area contributed by atoms with Gasteiger partial charge in [0.15, 0.2) is 5.17 Å². The number of halogens is 5. The van der Waals surface area contributed by atoms with Crippen LogP contribution < -0.4 is 9.47 Å². The van der Waals surface area contributed by atoms with E-state index >= 15 is 0 Å². The van der Waals surface area contributed by atoms with Crippen molar-refractivity contribution in [2.75, 3.05) is 0 Å². The molecule has 210 valence electrons. The van der Waals surface area contributed by atoms with E-state index in [0.29, 0.717) is 0 Å². The first-order valence-corrected chi connectivity index (χ1v) is 14.6. The summed E-state index contributed by atoms with van der Waals surface area (Å²) in [5, 5.41) is 2.92. The molecule has 0 bridgehead atoms. The summed E-state index contributed by atoms with van der Waals surface area (Å²) >= 11 is 5.05. The Kier molecular flexibility index (Phi) is 7.94. The van der Waals surface area contributed by atoms with Crippen molar-refractivity contribution >= 4 is 44.6 Å². The lowest BCUT2D eigenvalue weighted by Gasteiger charge is -2.40. The normalized spacial score (nSPS) is 19.3. The zero-order chi connectivity index (χ0) is 28.5. The fraction of sp³-hybridized carbons (Fsp3) is 0.194. The molecule has 0 spiro atoms. The first-order valence-electron chi connectivity index (χ1n) is 12.9. The number of benzene rings is 3. The molecule has 3 aliphatic rings. The zero-order valence-corrected chi connectivity index (χ0v) is 23.8. The van der Waals surface area contributed by atoms with Crippen LogP contribution in [-0.2, 0) is 0 Å². The van der Waals surface area contributed by atoms with Gasteiger partial charge in [-0.3, -0.25) is 0 Å².